The van der Waals surface area contributed by atoms with Gasteiger partial charge in [-0.15, -0.1) is 0 Å². The van der Waals surface area contributed by atoms with Crippen molar-refractivity contribution in [3.05, 3.63) is 52.0 Å². The molecule has 0 radical (unpaired) electrons. The summed E-state index contributed by atoms with van der Waals surface area (Å²) in [6.45, 7) is 0. The van der Waals surface area contributed by atoms with Gasteiger partial charge in [0.2, 0.25) is 0 Å². The van der Waals surface area contributed by atoms with E-state index in [9.17, 15) is 4.79 Å². The first kappa shape index (κ1) is 15.0. The van der Waals surface area contributed by atoms with Crippen LogP contribution in [-0.2, 0) is 0 Å². The molecule has 0 aromatic heterocycles. The minimum Gasteiger partial charge on any atom is -0.397 e. The first-order valence-corrected chi connectivity index (χ1v) is 7.71. The zero-order valence-electron chi connectivity index (χ0n) is 11.7. The molecule has 2 aromatic rings. The van der Waals surface area contributed by atoms with Crippen LogP contribution in [0.1, 0.15) is 23.2 Å². The van der Waals surface area contributed by atoms with Crippen LogP contribution in [0.4, 0.5) is 17.1 Å². The Kier molecular flexibility index (Phi) is 4.14. The van der Waals surface area contributed by atoms with E-state index in [2.05, 4.69) is 10.6 Å². The predicted molar refractivity (Wildman–Crippen MR) is 91.1 cm³/mol. The van der Waals surface area contributed by atoms with Gasteiger partial charge in [-0.3, -0.25) is 4.79 Å². The van der Waals surface area contributed by atoms with Crippen LogP contribution in [0.2, 0.25) is 10.0 Å². The van der Waals surface area contributed by atoms with E-state index in [4.69, 9.17) is 28.9 Å². The molecule has 0 atom stereocenters. The van der Waals surface area contributed by atoms with E-state index in [0.29, 0.717) is 38.7 Å². The fourth-order valence-corrected chi connectivity index (χ4v) is 2.51. The third kappa shape index (κ3) is 3.46. The van der Waals surface area contributed by atoms with Crippen LogP contribution in [0.3, 0.4) is 0 Å². The zero-order chi connectivity index (χ0) is 15.7. The van der Waals surface area contributed by atoms with Gasteiger partial charge >= 0.3 is 0 Å². The van der Waals surface area contributed by atoms with Gasteiger partial charge in [0.15, 0.2) is 0 Å². The van der Waals surface area contributed by atoms with E-state index >= 15 is 0 Å². The van der Waals surface area contributed by atoms with Crippen molar-refractivity contribution in [3.8, 4) is 0 Å². The Bertz CT molecular complexity index is 729. The molecule has 0 spiro atoms. The van der Waals surface area contributed by atoms with E-state index in [0.717, 1.165) is 12.8 Å². The van der Waals surface area contributed by atoms with E-state index in [1.54, 1.807) is 36.4 Å². The van der Waals surface area contributed by atoms with Crippen LogP contribution in [0.15, 0.2) is 36.4 Å². The summed E-state index contributed by atoms with van der Waals surface area (Å²) in [6, 6.07) is 10.6. The lowest BCUT2D eigenvalue weighted by atomic mass is 10.1. The Morgan fingerprint density at radius 2 is 1.82 bits per heavy atom. The quantitative estimate of drug-likeness (QED) is 0.733. The molecule has 1 amide bonds. The molecule has 22 heavy (non-hydrogen) atoms. The van der Waals surface area contributed by atoms with Gasteiger partial charge in [0.25, 0.3) is 5.91 Å². The van der Waals surface area contributed by atoms with Crippen molar-refractivity contribution in [2.75, 3.05) is 11.1 Å². The SMILES string of the molecule is Nc1cc(C(=O)NC2CC2)ccc1Nc1ccc(Cl)cc1Cl. The number of nitrogen functional groups attached to an aromatic ring is 1. The van der Waals surface area contributed by atoms with Gasteiger partial charge in [0, 0.05) is 16.6 Å². The molecular formula is C16H15Cl2N3O. The molecule has 6 heteroatoms. The van der Waals surface area contributed by atoms with Gasteiger partial charge in [-0.25, -0.2) is 0 Å². The van der Waals surface area contributed by atoms with E-state index in [1.165, 1.54) is 0 Å². The van der Waals surface area contributed by atoms with Gasteiger partial charge in [-0.05, 0) is 49.2 Å². The number of benzene rings is 2. The Morgan fingerprint density at radius 3 is 2.45 bits per heavy atom. The Labute approximate surface area is 138 Å². The van der Waals surface area contributed by atoms with Crippen LogP contribution < -0.4 is 16.4 Å². The molecule has 1 aliphatic rings. The molecule has 4 N–H and O–H groups in total. The van der Waals surface area contributed by atoms with Crippen LogP contribution in [0, 0.1) is 0 Å². The number of anilines is 3. The van der Waals surface area contributed by atoms with Crippen molar-refractivity contribution in [1.82, 2.24) is 5.32 Å². The minimum absolute atomic E-state index is 0.0923. The Morgan fingerprint density at radius 1 is 1.09 bits per heavy atom. The maximum atomic E-state index is 12.0. The maximum absolute atomic E-state index is 12.0. The molecule has 0 heterocycles. The normalized spacial score (nSPS) is 13.7. The molecule has 1 saturated carbocycles. The molecule has 114 valence electrons. The average Bonchev–Trinajstić information content (AvgIpc) is 3.27. The maximum Gasteiger partial charge on any atom is 0.251 e. The van der Waals surface area contributed by atoms with E-state index in [1.807, 2.05) is 0 Å². The molecule has 1 fully saturated rings. The van der Waals surface area contributed by atoms with Crippen LogP contribution >= 0.6 is 23.2 Å². The van der Waals surface area contributed by atoms with Crippen molar-refractivity contribution in [2.24, 2.45) is 0 Å². The zero-order valence-corrected chi connectivity index (χ0v) is 13.2. The van der Waals surface area contributed by atoms with Gasteiger partial charge in [-0.1, -0.05) is 23.2 Å². The van der Waals surface area contributed by atoms with Gasteiger partial charge < -0.3 is 16.4 Å². The summed E-state index contributed by atoms with van der Waals surface area (Å²) in [5, 5.41) is 7.14. The molecule has 0 unspecified atom stereocenters. The van der Waals surface area contributed by atoms with Crippen molar-refractivity contribution in [3.63, 3.8) is 0 Å². The van der Waals surface area contributed by atoms with E-state index < -0.39 is 0 Å². The standard InChI is InChI=1S/C16H15Cl2N3O/c17-10-2-6-14(12(18)8-10)21-15-5-1-9(7-13(15)19)16(22)20-11-3-4-11/h1-2,5-8,11,21H,3-4,19H2,(H,20,22). The number of hydrogen-bond donors (Lipinski definition) is 3. The first-order chi connectivity index (χ1) is 10.5. The summed E-state index contributed by atoms with van der Waals surface area (Å²) in [7, 11) is 0. The predicted octanol–water partition coefficient (Wildman–Crippen LogP) is 4.21. The number of carbonyl (C=O) groups excluding carboxylic acids is 1. The molecule has 0 bridgehead atoms. The summed E-state index contributed by atoms with van der Waals surface area (Å²) < 4.78 is 0. The number of carbonyl (C=O) groups is 1. The molecular weight excluding hydrogens is 321 g/mol. The highest BCUT2D eigenvalue weighted by atomic mass is 35.5. The number of rotatable bonds is 4. The van der Waals surface area contributed by atoms with Crippen LogP contribution in [0.5, 0.6) is 0 Å². The molecule has 0 aliphatic heterocycles. The van der Waals surface area contributed by atoms with Crippen LogP contribution in [0.25, 0.3) is 0 Å². The van der Waals surface area contributed by atoms with Crippen molar-refractivity contribution in [2.45, 2.75) is 18.9 Å². The number of hydrogen-bond acceptors (Lipinski definition) is 3. The summed E-state index contributed by atoms with van der Waals surface area (Å²) >= 11 is 12.0. The molecule has 1 aliphatic carbocycles. The Balaban J connectivity index is 1.78. The second kappa shape index (κ2) is 6.07. The first-order valence-electron chi connectivity index (χ1n) is 6.95. The fraction of sp³-hybridized carbons (Fsp3) is 0.188. The van der Waals surface area contributed by atoms with Crippen molar-refractivity contribution < 1.29 is 4.79 Å². The van der Waals surface area contributed by atoms with Gasteiger partial charge in [-0.2, -0.15) is 0 Å². The number of nitrogens with two attached hydrogens (primary N) is 1. The lowest BCUT2D eigenvalue weighted by Crippen LogP contribution is -2.25. The highest BCUT2D eigenvalue weighted by Crippen LogP contribution is 2.31. The fourth-order valence-electron chi connectivity index (χ4n) is 2.05. The second-order valence-corrected chi connectivity index (χ2v) is 6.14. The largest absolute Gasteiger partial charge is 0.397 e. The summed E-state index contributed by atoms with van der Waals surface area (Å²) in [5.74, 6) is -0.0923. The monoisotopic (exact) mass is 335 g/mol. The number of halogens is 2. The lowest BCUT2D eigenvalue weighted by molar-refractivity contribution is 0.0951. The van der Waals surface area contributed by atoms with Crippen LogP contribution in [-0.4, -0.2) is 11.9 Å². The van der Waals surface area contributed by atoms with Gasteiger partial charge in [0.05, 0.1) is 22.1 Å². The smallest absolute Gasteiger partial charge is 0.251 e. The highest BCUT2D eigenvalue weighted by molar-refractivity contribution is 6.36. The third-order valence-corrected chi connectivity index (χ3v) is 3.97. The molecule has 2 aromatic carbocycles. The summed E-state index contributed by atoms with van der Waals surface area (Å²) in [6.07, 6.45) is 2.10. The summed E-state index contributed by atoms with van der Waals surface area (Å²) in [4.78, 5) is 12.0. The van der Waals surface area contributed by atoms with E-state index in [-0.39, 0.29) is 5.91 Å². The average molecular weight is 336 g/mol. The Hall–Kier alpha value is -1.91. The number of amides is 1. The lowest BCUT2D eigenvalue weighted by Gasteiger charge is -2.12. The second-order valence-electron chi connectivity index (χ2n) is 5.30. The van der Waals surface area contributed by atoms with Crippen molar-refractivity contribution in [1.29, 1.82) is 0 Å². The highest BCUT2D eigenvalue weighted by Gasteiger charge is 2.23. The molecule has 3 rings (SSSR count). The number of nitrogens with one attached hydrogen (secondary N) is 2. The summed E-state index contributed by atoms with van der Waals surface area (Å²) in [5.41, 5.74) is 8.44. The topological polar surface area (TPSA) is 67.2 Å². The minimum atomic E-state index is -0.0923. The van der Waals surface area contributed by atoms with Gasteiger partial charge in [0.1, 0.15) is 0 Å². The van der Waals surface area contributed by atoms with Crippen molar-refractivity contribution >= 4 is 46.2 Å². The third-order valence-electron chi connectivity index (χ3n) is 3.43. The molecule has 0 saturated heterocycles. The molecule has 4 nitrogen and oxygen atoms in total.